The van der Waals surface area contributed by atoms with E-state index in [1.54, 1.807) is 0 Å². The second kappa shape index (κ2) is 7.07. The van der Waals surface area contributed by atoms with Crippen LogP contribution in [0.3, 0.4) is 0 Å². The molecule has 3 rings (SSSR count). The van der Waals surface area contributed by atoms with Crippen LogP contribution in [0.4, 0.5) is 0 Å². The molecule has 1 saturated carbocycles. The molecule has 1 amide bonds. The molecule has 1 aliphatic carbocycles. The number of nitrogens with two attached hydrogens (primary N) is 1. The summed E-state index contributed by atoms with van der Waals surface area (Å²) in [5.74, 6) is 0.978. The number of hydrogen-bond donors (Lipinski definition) is 2. The van der Waals surface area contributed by atoms with Gasteiger partial charge in [0.25, 0.3) is 0 Å². The van der Waals surface area contributed by atoms with Crippen LogP contribution >= 0.6 is 0 Å². The van der Waals surface area contributed by atoms with E-state index < -0.39 is 0 Å². The Kier molecular flexibility index (Phi) is 5.14. The molecule has 0 aromatic carbocycles. The number of amides is 1. The number of fused-ring (bicyclic) bond motifs is 1. The summed E-state index contributed by atoms with van der Waals surface area (Å²) in [6.45, 7) is 1.06. The molecule has 0 unspecified atom stereocenters. The Labute approximate surface area is 126 Å². The molecule has 0 aromatic rings. The Morgan fingerprint density at radius 1 is 1.10 bits per heavy atom. The zero-order chi connectivity index (χ0) is 14.7. The molecule has 2 aliphatic heterocycles. The Balaban J connectivity index is 1.35. The quantitative estimate of drug-likeness (QED) is 0.803. The first-order valence-electron chi connectivity index (χ1n) is 8.52. The summed E-state index contributed by atoms with van der Waals surface area (Å²) in [6.07, 6.45) is 9.56. The van der Waals surface area contributed by atoms with Crippen LogP contribution in [0.2, 0.25) is 0 Å². The van der Waals surface area contributed by atoms with Crippen LogP contribution < -0.4 is 11.1 Å². The van der Waals surface area contributed by atoms with Crippen molar-refractivity contribution in [3.8, 4) is 0 Å². The Morgan fingerprint density at radius 2 is 1.86 bits per heavy atom. The van der Waals surface area contributed by atoms with Gasteiger partial charge in [-0.15, -0.1) is 0 Å². The number of ether oxygens (including phenoxy) is 2. The first-order valence-corrected chi connectivity index (χ1v) is 8.52. The molecule has 2 saturated heterocycles. The van der Waals surface area contributed by atoms with Crippen LogP contribution in [0.5, 0.6) is 0 Å². The van der Waals surface area contributed by atoms with Gasteiger partial charge in [-0.1, -0.05) is 32.1 Å². The third-order valence-corrected chi connectivity index (χ3v) is 5.18. The fourth-order valence-corrected chi connectivity index (χ4v) is 3.96. The Hall–Kier alpha value is -0.650. The van der Waals surface area contributed by atoms with E-state index in [2.05, 4.69) is 5.32 Å². The smallest absolute Gasteiger partial charge is 0.220 e. The van der Waals surface area contributed by atoms with Crippen LogP contribution in [0, 0.1) is 5.92 Å². The van der Waals surface area contributed by atoms with Crippen LogP contribution in [0.15, 0.2) is 0 Å². The lowest BCUT2D eigenvalue weighted by Crippen LogP contribution is -2.44. The predicted molar refractivity (Wildman–Crippen MR) is 79.8 cm³/mol. The van der Waals surface area contributed by atoms with Gasteiger partial charge in [-0.25, -0.2) is 0 Å². The zero-order valence-corrected chi connectivity index (χ0v) is 12.8. The van der Waals surface area contributed by atoms with Crippen molar-refractivity contribution in [2.75, 3.05) is 13.2 Å². The van der Waals surface area contributed by atoms with Gasteiger partial charge in [0, 0.05) is 6.42 Å². The van der Waals surface area contributed by atoms with E-state index in [0.29, 0.717) is 19.6 Å². The fourth-order valence-electron chi connectivity index (χ4n) is 3.96. The number of carbonyl (C=O) groups excluding carboxylic acids is 1. The van der Waals surface area contributed by atoms with E-state index in [1.807, 2.05) is 0 Å². The lowest BCUT2D eigenvalue weighted by atomic mass is 9.86. The highest BCUT2D eigenvalue weighted by atomic mass is 16.6. The predicted octanol–water partition coefficient (Wildman–Crippen LogP) is 1.35. The molecule has 0 bridgehead atoms. The van der Waals surface area contributed by atoms with Crippen molar-refractivity contribution in [3.63, 3.8) is 0 Å². The molecule has 0 aromatic heterocycles. The molecule has 5 nitrogen and oxygen atoms in total. The van der Waals surface area contributed by atoms with Crippen LogP contribution in [0.25, 0.3) is 0 Å². The van der Waals surface area contributed by atoms with Crippen molar-refractivity contribution in [3.05, 3.63) is 0 Å². The summed E-state index contributed by atoms with van der Waals surface area (Å²) < 4.78 is 11.3. The standard InChI is InChI=1S/C16H28N2O3/c17-12-9-20-16-13(10-21-15(12)16)18-14(19)8-4-7-11-5-2-1-3-6-11/h11-13,15-16H,1-10,17H2,(H,18,19)/t12-,13-,15+,16+/m0/s1. The minimum absolute atomic E-state index is 0.0225. The number of hydrogen-bond acceptors (Lipinski definition) is 4. The Bertz CT molecular complexity index is 357. The maximum absolute atomic E-state index is 12.1. The lowest BCUT2D eigenvalue weighted by molar-refractivity contribution is -0.122. The normalized spacial score (nSPS) is 36.6. The van der Waals surface area contributed by atoms with Crippen LogP contribution in [-0.2, 0) is 14.3 Å². The van der Waals surface area contributed by atoms with Crippen molar-refractivity contribution in [1.29, 1.82) is 0 Å². The second-order valence-corrected chi connectivity index (χ2v) is 6.83. The van der Waals surface area contributed by atoms with Crippen LogP contribution in [-0.4, -0.2) is 43.4 Å². The minimum atomic E-state index is -0.0534. The van der Waals surface area contributed by atoms with Gasteiger partial charge in [-0.3, -0.25) is 4.79 Å². The van der Waals surface area contributed by atoms with Gasteiger partial charge in [-0.2, -0.15) is 0 Å². The molecule has 4 atom stereocenters. The monoisotopic (exact) mass is 296 g/mol. The molecule has 3 aliphatic rings. The Morgan fingerprint density at radius 3 is 2.67 bits per heavy atom. The maximum atomic E-state index is 12.1. The van der Waals surface area contributed by atoms with Gasteiger partial charge in [0.15, 0.2) is 0 Å². The van der Waals surface area contributed by atoms with Crippen molar-refractivity contribution in [2.45, 2.75) is 75.7 Å². The van der Waals surface area contributed by atoms with E-state index in [0.717, 1.165) is 12.3 Å². The van der Waals surface area contributed by atoms with E-state index in [1.165, 1.54) is 38.5 Å². The molecule has 0 spiro atoms. The third kappa shape index (κ3) is 3.76. The van der Waals surface area contributed by atoms with Gasteiger partial charge in [-0.05, 0) is 18.8 Å². The molecule has 21 heavy (non-hydrogen) atoms. The number of carbonyl (C=O) groups is 1. The summed E-state index contributed by atoms with van der Waals surface area (Å²) >= 11 is 0. The molecule has 2 heterocycles. The highest BCUT2D eigenvalue weighted by Crippen LogP contribution is 2.28. The topological polar surface area (TPSA) is 73.6 Å². The van der Waals surface area contributed by atoms with Crippen molar-refractivity contribution >= 4 is 5.91 Å². The molecule has 5 heteroatoms. The first-order chi connectivity index (χ1) is 10.2. The largest absolute Gasteiger partial charge is 0.371 e. The number of rotatable bonds is 5. The van der Waals surface area contributed by atoms with E-state index in [9.17, 15) is 4.79 Å². The van der Waals surface area contributed by atoms with Gasteiger partial charge in [0.1, 0.15) is 12.2 Å². The highest BCUT2D eigenvalue weighted by molar-refractivity contribution is 5.76. The molecular weight excluding hydrogens is 268 g/mol. The summed E-state index contributed by atoms with van der Waals surface area (Å²) in [4.78, 5) is 12.1. The van der Waals surface area contributed by atoms with E-state index in [-0.39, 0.29) is 30.2 Å². The number of nitrogens with one attached hydrogen (secondary N) is 1. The van der Waals surface area contributed by atoms with Crippen molar-refractivity contribution in [2.24, 2.45) is 11.7 Å². The molecular formula is C16H28N2O3. The van der Waals surface area contributed by atoms with Gasteiger partial charge in [0.2, 0.25) is 5.91 Å². The van der Waals surface area contributed by atoms with Gasteiger partial charge in [0.05, 0.1) is 25.3 Å². The van der Waals surface area contributed by atoms with Gasteiger partial charge < -0.3 is 20.5 Å². The van der Waals surface area contributed by atoms with Gasteiger partial charge >= 0.3 is 0 Å². The summed E-state index contributed by atoms with van der Waals surface area (Å²) in [7, 11) is 0. The summed E-state index contributed by atoms with van der Waals surface area (Å²) in [6, 6.07) is -0.0751. The molecule has 3 fully saturated rings. The fraction of sp³-hybridized carbons (Fsp3) is 0.938. The summed E-state index contributed by atoms with van der Waals surface area (Å²) in [5, 5.41) is 3.06. The third-order valence-electron chi connectivity index (χ3n) is 5.18. The maximum Gasteiger partial charge on any atom is 0.220 e. The molecule has 0 radical (unpaired) electrons. The minimum Gasteiger partial charge on any atom is -0.371 e. The van der Waals surface area contributed by atoms with Crippen molar-refractivity contribution < 1.29 is 14.3 Å². The van der Waals surface area contributed by atoms with E-state index >= 15 is 0 Å². The average Bonchev–Trinajstić information content (AvgIpc) is 3.05. The summed E-state index contributed by atoms with van der Waals surface area (Å²) in [5.41, 5.74) is 5.91. The average molecular weight is 296 g/mol. The highest BCUT2D eigenvalue weighted by Gasteiger charge is 2.46. The first kappa shape index (κ1) is 15.3. The SMILES string of the molecule is N[C@H]1CO[C@H]2[C@@H]1OC[C@@H]2NC(=O)CCCC1CCCCC1. The molecule has 3 N–H and O–H groups in total. The molecule has 120 valence electrons. The van der Waals surface area contributed by atoms with Crippen molar-refractivity contribution in [1.82, 2.24) is 5.32 Å². The second-order valence-electron chi connectivity index (χ2n) is 6.83. The zero-order valence-electron chi connectivity index (χ0n) is 12.8. The lowest BCUT2D eigenvalue weighted by Gasteiger charge is -2.21. The van der Waals surface area contributed by atoms with Crippen LogP contribution in [0.1, 0.15) is 51.4 Å². The van der Waals surface area contributed by atoms with E-state index in [4.69, 9.17) is 15.2 Å².